The number of nitrogens with zero attached hydrogens (tertiary/aromatic N) is 2. The summed E-state index contributed by atoms with van der Waals surface area (Å²) in [6.45, 7) is 0. The number of rotatable bonds is 4. The van der Waals surface area contributed by atoms with Gasteiger partial charge in [0.2, 0.25) is 5.95 Å². The Morgan fingerprint density at radius 2 is 1.76 bits per heavy atom. The van der Waals surface area contributed by atoms with Gasteiger partial charge in [-0.15, -0.1) is 0 Å². The Hall–Kier alpha value is -2.24. The number of hydrogen-bond acceptors (Lipinski definition) is 6. The lowest BCUT2D eigenvalue weighted by Gasteiger charge is -2.14. The number of nitrogens with two attached hydrogens (primary N) is 1. The number of benzene rings is 1. The molecule has 3 N–H and O–H groups in total. The Morgan fingerprint density at radius 1 is 1.10 bits per heavy atom. The first-order valence-corrected chi connectivity index (χ1v) is 7.17. The van der Waals surface area contributed by atoms with Crippen LogP contribution in [0, 0.1) is 0 Å². The molecule has 6 heteroatoms. The van der Waals surface area contributed by atoms with E-state index < -0.39 is 0 Å². The van der Waals surface area contributed by atoms with Gasteiger partial charge in [-0.3, -0.25) is 0 Å². The summed E-state index contributed by atoms with van der Waals surface area (Å²) in [5.74, 6) is 2.28. The molecule has 0 aliphatic heterocycles. The molecule has 0 amide bonds. The van der Waals surface area contributed by atoms with Crippen LogP contribution in [0.3, 0.4) is 0 Å². The van der Waals surface area contributed by atoms with Crippen LogP contribution in [-0.2, 0) is 0 Å². The number of hydrogen-bond donors (Lipinski definition) is 2. The fourth-order valence-corrected chi connectivity index (χ4v) is 2.80. The second kappa shape index (κ2) is 5.63. The van der Waals surface area contributed by atoms with E-state index in [1.165, 1.54) is 12.8 Å². The van der Waals surface area contributed by atoms with Crippen molar-refractivity contribution in [1.82, 2.24) is 9.97 Å². The van der Waals surface area contributed by atoms with Crippen molar-refractivity contribution in [3.05, 3.63) is 12.1 Å². The highest BCUT2D eigenvalue weighted by molar-refractivity contribution is 5.91. The van der Waals surface area contributed by atoms with Gasteiger partial charge in [0, 0.05) is 17.5 Å². The molecular formula is C15H20N4O2. The van der Waals surface area contributed by atoms with Crippen LogP contribution in [0.1, 0.15) is 25.7 Å². The first-order chi connectivity index (χ1) is 10.2. The second-order valence-electron chi connectivity index (χ2n) is 5.28. The fourth-order valence-electron chi connectivity index (χ4n) is 2.80. The molecule has 112 valence electrons. The van der Waals surface area contributed by atoms with Crippen LogP contribution in [0.5, 0.6) is 11.5 Å². The highest BCUT2D eigenvalue weighted by Gasteiger charge is 2.17. The van der Waals surface area contributed by atoms with Crippen LogP contribution < -0.4 is 20.5 Å². The summed E-state index contributed by atoms with van der Waals surface area (Å²) in [4.78, 5) is 8.90. The Balaban J connectivity index is 2.01. The van der Waals surface area contributed by atoms with Gasteiger partial charge in [0.25, 0.3) is 0 Å². The predicted molar refractivity (Wildman–Crippen MR) is 82.9 cm³/mol. The molecule has 1 aromatic heterocycles. The lowest BCUT2D eigenvalue weighted by Crippen LogP contribution is -2.17. The lowest BCUT2D eigenvalue weighted by atomic mass is 10.2. The average molecular weight is 288 g/mol. The van der Waals surface area contributed by atoms with Gasteiger partial charge < -0.3 is 20.5 Å². The number of nitrogens with one attached hydrogen (secondary N) is 1. The van der Waals surface area contributed by atoms with Crippen molar-refractivity contribution < 1.29 is 9.47 Å². The molecule has 1 aliphatic carbocycles. The molecule has 1 aromatic carbocycles. The second-order valence-corrected chi connectivity index (χ2v) is 5.28. The largest absolute Gasteiger partial charge is 0.493 e. The minimum Gasteiger partial charge on any atom is -0.493 e. The van der Waals surface area contributed by atoms with Crippen LogP contribution in [0.25, 0.3) is 10.9 Å². The van der Waals surface area contributed by atoms with Gasteiger partial charge in [0.1, 0.15) is 5.82 Å². The fraction of sp³-hybridized carbons (Fsp3) is 0.467. The van der Waals surface area contributed by atoms with Crippen LogP contribution in [0.2, 0.25) is 0 Å². The molecule has 1 saturated carbocycles. The van der Waals surface area contributed by atoms with Crippen molar-refractivity contribution in [3.63, 3.8) is 0 Å². The van der Waals surface area contributed by atoms with Crippen LogP contribution >= 0.6 is 0 Å². The zero-order valence-corrected chi connectivity index (χ0v) is 12.3. The van der Waals surface area contributed by atoms with Gasteiger partial charge in [-0.2, -0.15) is 4.98 Å². The molecule has 6 nitrogen and oxygen atoms in total. The van der Waals surface area contributed by atoms with Crippen molar-refractivity contribution >= 4 is 22.7 Å². The first-order valence-electron chi connectivity index (χ1n) is 7.17. The third-order valence-corrected chi connectivity index (χ3v) is 3.92. The van der Waals surface area contributed by atoms with Crippen molar-refractivity contribution in [3.8, 4) is 11.5 Å². The van der Waals surface area contributed by atoms with E-state index in [9.17, 15) is 0 Å². The molecule has 0 radical (unpaired) electrons. The minimum absolute atomic E-state index is 0.446. The van der Waals surface area contributed by atoms with E-state index in [0.717, 1.165) is 23.7 Å². The molecule has 21 heavy (non-hydrogen) atoms. The summed E-state index contributed by atoms with van der Waals surface area (Å²) in [6.07, 6.45) is 4.83. The summed E-state index contributed by atoms with van der Waals surface area (Å²) < 4.78 is 10.6. The molecule has 1 fully saturated rings. The van der Waals surface area contributed by atoms with E-state index >= 15 is 0 Å². The maximum atomic E-state index is 6.06. The van der Waals surface area contributed by atoms with Gasteiger partial charge in [0.05, 0.1) is 19.7 Å². The highest BCUT2D eigenvalue weighted by atomic mass is 16.5. The van der Waals surface area contributed by atoms with Crippen LogP contribution in [0.15, 0.2) is 12.1 Å². The normalized spacial score (nSPS) is 15.3. The maximum Gasteiger partial charge on any atom is 0.225 e. The van der Waals surface area contributed by atoms with Gasteiger partial charge in [-0.05, 0) is 18.9 Å². The van der Waals surface area contributed by atoms with Crippen LogP contribution in [0.4, 0.5) is 11.8 Å². The van der Waals surface area contributed by atoms with Gasteiger partial charge in [-0.1, -0.05) is 12.8 Å². The third-order valence-electron chi connectivity index (χ3n) is 3.92. The average Bonchev–Trinajstić information content (AvgIpc) is 2.99. The summed E-state index contributed by atoms with van der Waals surface area (Å²) in [7, 11) is 3.20. The molecule has 1 aliphatic rings. The van der Waals surface area contributed by atoms with Crippen molar-refractivity contribution in [2.45, 2.75) is 31.7 Å². The Bertz CT molecular complexity index is 654. The number of nitrogen functional groups attached to an aromatic ring is 1. The quantitative estimate of drug-likeness (QED) is 0.899. The number of fused-ring (bicyclic) bond motifs is 1. The number of aromatic nitrogens is 2. The molecule has 0 atom stereocenters. The van der Waals surface area contributed by atoms with Crippen LogP contribution in [-0.4, -0.2) is 30.2 Å². The van der Waals surface area contributed by atoms with Gasteiger partial charge in [0.15, 0.2) is 11.5 Å². The molecule has 0 unspecified atom stereocenters. The van der Waals surface area contributed by atoms with Crippen molar-refractivity contribution in [2.75, 3.05) is 25.3 Å². The summed E-state index contributed by atoms with van der Waals surface area (Å²) in [6, 6.07) is 4.08. The number of methoxy groups -OCH3 is 2. The molecule has 1 heterocycles. The predicted octanol–water partition coefficient (Wildman–Crippen LogP) is 2.58. The number of anilines is 2. The van der Waals surface area contributed by atoms with E-state index in [4.69, 9.17) is 15.2 Å². The molecule has 3 rings (SSSR count). The highest BCUT2D eigenvalue weighted by Crippen LogP contribution is 2.34. The molecule has 0 bridgehead atoms. The molecular weight excluding hydrogens is 268 g/mol. The molecule has 0 saturated heterocycles. The Morgan fingerprint density at radius 3 is 2.43 bits per heavy atom. The van der Waals surface area contributed by atoms with E-state index in [1.807, 2.05) is 12.1 Å². The standard InChI is InChI=1S/C15H20N4O2/c1-20-12-7-10-11(8-13(12)21-2)18-15(19-14(10)16)17-9-5-3-4-6-9/h7-9H,3-6H2,1-2H3,(H3,16,17,18,19). The smallest absolute Gasteiger partial charge is 0.225 e. The monoisotopic (exact) mass is 288 g/mol. The number of ether oxygens (including phenoxy) is 2. The van der Waals surface area contributed by atoms with Gasteiger partial charge in [-0.25, -0.2) is 4.98 Å². The molecule has 0 spiro atoms. The van der Waals surface area contributed by atoms with E-state index in [1.54, 1.807) is 14.2 Å². The van der Waals surface area contributed by atoms with E-state index in [-0.39, 0.29) is 0 Å². The topological polar surface area (TPSA) is 82.3 Å². The SMILES string of the molecule is COc1cc2nc(NC3CCCC3)nc(N)c2cc1OC. The molecule has 2 aromatic rings. The zero-order valence-electron chi connectivity index (χ0n) is 12.3. The van der Waals surface area contributed by atoms with E-state index in [0.29, 0.717) is 29.3 Å². The van der Waals surface area contributed by atoms with Crippen molar-refractivity contribution in [1.29, 1.82) is 0 Å². The van der Waals surface area contributed by atoms with Crippen molar-refractivity contribution in [2.24, 2.45) is 0 Å². The van der Waals surface area contributed by atoms with E-state index in [2.05, 4.69) is 15.3 Å². The minimum atomic E-state index is 0.446. The van der Waals surface area contributed by atoms with Gasteiger partial charge >= 0.3 is 0 Å². The maximum absolute atomic E-state index is 6.06. The third kappa shape index (κ3) is 2.66. The summed E-state index contributed by atoms with van der Waals surface area (Å²) >= 11 is 0. The summed E-state index contributed by atoms with van der Waals surface area (Å²) in [5, 5.41) is 4.13. The Labute approximate surface area is 123 Å². The summed E-state index contributed by atoms with van der Waals surface area (Å²) in [5.41, 5.74) is 6.81. The zero-order chi connectivity index (χ0) is 14.8. The Kier molecular flexibility index (Phi) is 3.68. The lowest BCUT2D eigenvalue weighted by molar-refractivity contribution is 0.356. The first kappa shape index (κ1) is 13.7.